The standard InChI is InChI=1S/C41H27N3O/c1-4-12-28(13-5-1)29-22-24-30(25-23-29)36-27-37(43-40(42-36)31-14-6-2-7-15-31)34-19-10-18-33(26-34)35-20-11-21-38-39(35)44-41(45-38)32-16-8-3-9-17-32/h1-27H. The van der Waals surface area contributed by atoms with Gasteiger partial charge in [-0.25, -0.2) is 15.0 Å². The van der Waals surface area contributed by atoms with Gasteiger partial charge in [-0.3, -0.25) is 0 Å². The molecule has 8 rings (SSSR count). The molecule has 0 amide bonds. The summed E-state index contributed by atoms with van der Waals surface area (Å²) < 4.78 is 6.17. The van der Waals surface area contributed by atoms with Crippen molar-refractivity contribution in [2.75, 3.05) is 0 Å². The minimum absolute atomic E-state index is 0.612. The Kier molecular flexibility index (Phi) is 6.78. The molecule has 6 aromatic carbocycles. The first-order valence-corrected chi connectivity index (χ1v) is 14.9. The molecule has 0 atom stereocenters. The zero-order valence-corrected chi connectivity index (χ0v) is 24.3. The van der Waals surface area contributed by atoms with Crippen LogP contribution in [0.3, 0.4) is 0 Å². The highest BCUT2D eigenvalue weighted by Crippen LogP contribution is 2.35. The van der Waals surface area contributed by atoms with E-state index >= 15 is 0 Å². The van der Waals surface area contributed by atoms with Crippen LogP contribution in [0.2, 0.25) is 0 Å². The first-order chi connectivity index (χ1) is 22.3. The topological polar surface area (TPSA) is 51.8 Å². The second-order valence-corrected chi connectivity index (χ2v) is 10.9. The molecule has 0 saturated heterocycles. The molecule has 0 saturated carbocycles. The van der Waals surface area contributed by atoms with Crippen LogP contribution in [-0.2, 0) is 0 Å². The van der Waals surface area contributed by atoms with Crippen LogP contribution in [0.25, 0.3) is 78.7 Å². The molecular formula is C41H27N3O. The molecule has 0 bridgehead atoms. The van der Waals surface area contributed by atoms with Crippen molar-refractivity contribution >= 4 is 11.1 Å². The zero-order valence-electron chi connectivity index (χ0n) is 24.3. The lowest BCUT2D eigenvalue weighted by Gasteiger charge is -2.11. The molecule has 212 valence electrons. The number of para-hydroxylation sites is 1. The Morgan fingerprint density at radius 2 is 0.889 bits per heavy atom. The van der Waals surface area contributed by atoms with Crippen molar-refractivity contribution in [3.63, 3.8) is 0 Å². The number of hydrogen-bond acceptors (Lipinski definition) is 4. The van der Waals surface area contributed by atoms with E-state index in [0.29, 0.717) is 11.7 Å². The third kappa shape index (κ3) is 5.30. The summed E-state index contributed by atoms with van der Waals surface area (Å²) in [7, 11) is 0. The summed E-state index contributed by atoms with van der Waals surface area (Å²) in [5.41, 5.74) is 11.7. The Balaban J connectivity index is 1.22. The van der Waals surface area contributed by atoms with Crippen molar-refractivity contribution in [2.45, 2.75) is 0 Å². The molecule has 8 aromatic rings. The molecule has 45 heavy (non-hydrogen) atoms. The second-order valence-electron chi connectivity index (χ2n) is 10.9. The lowest BCUT2D eigenvalue weighted by molar-refractivity contribution is 0.620. The summed E-state index contributed by atoms with van der Waals surface area (Å²) in [6, 6.07) is 55.7. The number of benzene rings is 6. The van der Waals surface area contributed by atoms with E-state index in [-0.39, 0.29) is 0 Å². The van der Waals surface area contributed by atoms with Crippen molar-refractivity contribution in [3.05, 3.63) is 164 Å². The van der Waals surface area contributed by atoms with Gasteiger partial charge in [0.15, 0.2) is 11.4 Å². The van der Waals surface area contributed by atoms with E-state index in [4.69, 9.17) is 19.4 Å². The van der Waals surface area contributed by atoms with Crippen LogP contribution in [0.15, 0.2) is 168 Å². The second kappa shape index (κ2) is 11.5. The summed E-state index contributed by atoms with van der Waals surface area (Å²) in [4.78, 5) is 15.0. The van der Waals surface area contributed by atoms with Crippen LogP contribution in [0.1, 0.15) is 0 Å². The molecule has 0 spiro atoms. The van der Waals surface area contributed by atoms with Gasteiger partial charge in [0.25, 0.3) is 0 Å². The monoisotopic (exact) mass is 577 g/mol. The zero-order chi connectivity index (χ0) is 30.0. The smallest absolute Gasteiger partial charge is 0.227 e. The van der Waals surface area contributed by atoms with Crippen molar-refractivity contribution < 1.29 is 4.42 Å². The Labute approximate surface area is 261 Å². The highest BCUT2D eigenvalue weighted by molar-refractivity contribution is 5.93. The van der Waals surface area contributed by atoms with Crippen molar-refractivity contribution in [1.82, 2.24) is 15.0 Å². The largest absolute Gasteiger partial charge is 0.436 e. The van der Waals surface area contributed by atoms with E-state index in [2.05, 4.69) is 84.9 Å². The summed E-state index contributed by atoms with van der Waals surface area (Å²) in [5, 5.41) is 0. The molecule has 0 aliphatic carbocycles. The van der Waals surface area contributed by atoms with Gasteiger partial charge in [0, 0.05) is 27.8 Å². The molecular weight excluding hydrogens is 550 g/mol. The van der Waals surface area contributed by atoms with Crippen LogP contribution >= 0.6 is 0 Å². The predicted octanol–water partition coefficient (Wildman–Crippen LogP) is 10.6. The van der Waals surface area contributed by atoms with Gasteiger partial charge in [0.2, 0.25) is 5.89 Å². The third-order valence-electron chi connectivity index (χ3n) is 7.95. The average molecular weight is 578 g/mol. The molecule has 0 fully saturated rings. The molecule has 0 aliphatic rings. The van der Waals surface area contributed by atoms with Gasteiger partial charge in [-0.2, -0.15) is 0 Å². The summed E-state index contributed by atoms with van der Waals surface area (Å²) in [6.07, 6.45) is 0. The highest BCUT2D eigenvalue weighted by atomic mass is 16.3. The Hall–Kier alpha value is -6.13. The quantitative estimate of drug-likeness (QED) is 0.197. The maximum Gasteiger partial charge on any atom is 0.227 e. The summed E-state index contributed by atoms with van der Waals surface area (Å²) in [6.45, 7) is 0. The maximum atomic E-state index is 6.17. The third-order valence-corrected chi connectivity index (χ3v) is 7.95. The van der Waals surface area contributed by atoms with Gasteiger partial charge in [0.1, 0.15) is 5.52 Å². The van der Waals surface area contributed by atoms with Crippen LogP contribution in [0.4, 0.5) is 0 Å². The summed E-state index contributed by atoms with van der Waals surface area (Å²) >= 11 is 0. The van der Waals surface area contributed by atoms with Crippen LogP contribution in [0.5, 0.6) is 0 Å². The molecule has 4 heteroatoms. The first-order valence-electron chi connectivity index (χ1n) is 14.9. The normalized spacial score (nSPS) is 11.1. The average Bonchev–Trinajstić information content (AvgIpc) is 3.58. The number of aromatic nitrogens is 3. The maximum absolute atomic E-state index is 6.17. The Morgan fingerprint density at radius 1 is 0.356 bits per heavy atom. The number of oxazole rings is 1. The minimum Gasteiger partial charge on any atom is -0.436 e. The summed E-state index contributed by atoms with van der Waals surface area (Å²) in [5.74, 6) is 1.30. The van der Waals surface area contributed by atoms with Crippen molar-refractivity contribution in [2.24, 2.45) is 0 Å². The molecule has 0 N–H and O–H groups in total. The highest BCUT2D eigenvalue weighted by Gasteiger charge is 2.15. The van der Waals surface area contributed by atoms with Gasteiger partial charge in [-0.15, -0.1) is 0 Å². The van der Waals surface area contributed by atoms with E-state index in [0.717, 1.165) is 55.9 Å². The minimum atomic E-state index is 0.612. The van der Waals surface area contributed by atoms with Crippen molar-refractivity contribution in [1.29, 1.82) is 0 Å². The first kappa shape index (κ1) is 26.5. The Morgan fingerprint density at radius 3 is 1.60 bits per heavy atom. The Bertz CT molecular complexity index is 2240. The van der Waals surface area contributed by atoms with Gasteiger partial charge in [-0.1, -0.05) is 133 Å². The molecule has 4 nitrogen and oxygen atoms in total. The van der Waals surface area contributed by atoms with E-state index in [1.54, 1.807) is 0 Å². The van der Waals surface area contributed by atoms with Crippen LogP contribution in [0, 0.1) is 0 Å². The SMILES string of the molecule is c1ccc(-c2ccc(-c3cc(-c4cccc(-c5cccc6oc(-c7ccccc7)nc56)c4)nc(-c4ccccc4)n3)cc2)cc1. The number of rotatable bonds is 6. The van der Waals surface area contributed by atoms with E-state index < -0.39 is 0 Å². The molecule has 0 unspecified atom stereocenters. The van der Waals surface area contributed by atoms with Gasteiger partial charge in [0.05, 0.1) is 11.4 Å². The van der Waals surface area contributed by atoms with Crippen LogP contribution in [-0.4, -0.2) is 15.0 Å². The molecule has 0 radical (unpaired) electrons. The van der Waals surface area contributed by atoms with E-state index in [9.17, 15) is 0 Å². The predicted molar refractivity (Wildman–Crippen MR) is 182 cm³/mol. The fourth-order valence-corrected chi connectivity index (χ4v) is 5.66. The molecule has 0 aliphatic heterocycles. The lowest BCUT2D eigenvalue weighted by Crippen LogP contribution is -1.96. The van der Waals surface area contributed by atoms with Gasteiger partial charge in [-0.05, 0) is 47.0 Å². The molecule has 2 aromatic heterocycles. The van der Waals surface area contributed by atoms with Gasteiger partial charge < -0.3 is 4.42 Å². The van der Waals surface area contributed by atoms with E-state index in [1.807, 2.05) is 78.9 Å². The number of hydrogen-bond donors (Lipinski definition) is 0. The lowest BCUT2D eigenvalue weighted by atomic mass is 9.99. The molecule has 2 heterocycles. The number of nitrogens with zero attached hydrogens (tertiary/aromatic N) is 3. The fraction of sp³-hybridized carbons (Fsp3) is 0. The number of fused-ring (bicyclic) bond motifs is 1. The van der Waals surface area contributed by atoms with E-state index in [1.165, 1.54) is 11.1 Å². The fourth-order valence-electron chi connectivity index (χ4n) is 5.66. The van der Waals surface area contributed by atoms with Gasteiger partial charge >= 0.3 is 0 Å². The van der Waals surface area contributed by atoms with Crippen LogP contribution < -0.4 is 0 Å². The van der Waals surface area contributed by atoms with Crippen molar-refractivity contribution in [3.8, 4) is 67.6 Å².